The van der Waals surface area contributed by atoms with Gasteiger partial charge in [0.15, 0.2) is 0 Å². The van der Waals surface area contributed by atoms with E-state index in [4.69, 9.17) is 0 Å². The van der Waals surface area contributed by atoms with Gasteiger partial charge in [-0.3, -0.25) is 14.9 Å². The molecule has 0 aliphatic rings. The average Bonchev–Trinajstić information content (AvgIpc) is 2.44. The summed E-state index contributed by atoms with van der Waals surface area (Å²) in [5.74, 6) is -0.399. The molecule has 0 atom stereocenters. The summed E-state index contributed by atoms with van der Waals surface area (Å²) in [4.78, 5) is 22.9. The molecule has 5 nitrogen and oxygen atoms in total. The van der Waals surface area contributed by atoms with E-state index in [1.807, 2.05) is 13.8 Å². The summed E-state index contributed by atoms with van der Waals surface area (Å²) in [6.45, 7) is 5.77. The van der Waals surface area contributed by atoms with Gasteiger partial charge in [0.25, 0.3) is 11.6 Å². The van der Waals surface area contributed by atoms with Crippen LogP contribution >= 0.6 is 15.9 Å². The van der Waals surface area contributed by atoms with E-state index in [0.29, 0.717) is 5.33 Å². The van der Waals surface area contributed by atoms with Crippen LogP contribution in [0, 0.1) is 17.0 Å². The van der Waals surface area contributed by atoms with Gasteiger partial charge in [-0.05, 0) is 31.4 Å². The summed E-state index contributed by atoms with van der Waals surface area (Å²) in [5, 5.41) is 14.6. The number of halogens is 1. The largest absolute Gasteiger partial charge is 0.346 e. The second-order valence-corrected chi connectivity index (χ2v) is 5.41. The summed E-state index contributed by atoms with van der Waals surface area (Å²) in [6.07, 6.45) is 1.50. The molecule has 110 valence electrons. The molecule has 0 heterocycles. The van der Waals surface area contributed by atoms with E-state index in [-0.39, 0.29) is 16.8 Å². The van der Waals surface area contributed by atoms with Crippen molar-refractivity contribution in [3.63, 3.8) is 0 Å². The number of carbonyl (C=O) groups is 1. The van der Waals surface area contributed by atoms with Gasteiger partial charge in [-0.1, -0.05) is 35.8 Å². The Hall–Kier alpha value is -1.43. The van der Waals surface area contributed by atoms with Gasteiger partial charge in [0.05, 0.1) is 4.92 Å². The van der Waals surface area contributed by atoms with E-state index in [0.717, 1.165) is 18.4 Å². The molecule has 0 bridgehead atoms. The fraction of sp³-hybridized carbons (Fsp3) is 0.500. The Morgan fingerprint density at radius 2 is 2.00 bits per heavy atom. The van der Waals surface area contributed by atoms with Crippen molar-refractivity contribution in [1.82, 2.24) is 5.32 Å². The maximum Gasteiger partial charge on any atom is 0.282 e. The molecule has 0 aliphatic heterocycles. The zero-order chi connectivity index (χ0) is 15.3. The Morgan fingerprint density at radius 3 is 2.45 bits per heavy atom. The third-order valence-corrected chi connectivity index (χ3v) is 4.65. The summed E-state index contributed by atoms with van der Waals surface area (Å²) in [7, 11) is 0. The van der Waals surface area contributed by atoms with Crippen LogP contribution in [0.1, 0.15) is 42.6 Å². The molecule has 1 amide bonds. The minimum Gasteiger partial charge on any atom is -0.346 e. The highest BCUT2D eigenvalue weighted by atomic mass is 79.9. The first-order valence-electron chi connectivity index (χ1n) is 6.52. The fourth-order valence-corrected chi connectivity index (χ4v) is 2.88. The number of amides is 1. The van der Waals surface area contributed by atoms with Crippen LogP contribution in [-0.2, 0) is 0 Å². The second kappa shape index (κ2) is 6.83. The highest BCUT2D eigenvalue weighted by molar-refractivity contribution is 9.09. The molecule has 0 spiro atoms. The molecule has 0 aromatic heterocycles. The number of nitrogens with one attached hydrogen (secondary N) is 1. The predicted octanol–water partition coefficient (Wildman–Crippen LogP) is 3.59. The predicted molar refractivity (Wildman–Crippen MR) is 82.4 cm³/mol. The Kier molecular flexibility index (Phi) is 5.68. The van der Waals surface area contributed by atoms with Crippen LogP contribution in [-0.4, -0.2) is 21.7 Å². The van der Waals surface area contributed by atoms with Gasteiger partial charge in [-0.25, -0.2) is 0 Å². The van der Waals surface area contributed by atoms with E-state index in [9.17, 15) is 14.9 Å². The van der Waals surface area contributed by atoms with E-state index < -0.39 is 10.8 Å². The van der Waals surface area contributed by atoms with Crippen molar-refractivity contribution in [3.8, 4) is 0 Å². The molecule has 0 saturated carbocycles. The Bertz CT molecular complexity index is 505. The van der Waals surface area contributed by atoms with Gasteiger partial charge >= 0.3 is 0 Å². The Labute approximate surface area is 127 Å². The lowest BCUT2D eigenvalue weighted by atomic mass is 9.94. The van der Waals surface area contributed by atoms with Crippen molar-refractivity contribution in [2.24, 2.45) is 0 Å². The van der Waals surface area contributed by atoms with E-state index in [1.54, 1.807) is 19.1 Å². The normalized spacial score (nSPS) is 11.2. The van der Waals surface area contributed by atoms with Gasteiger partial charge in [0, 0.05) is 16.9 Å². The van der Waals surface area contributed by atoms with Gasteiger partial charge < -0.3 is 5.32 Å². The second-order valence-electron chi connectivity index (χ2n) is 4.85. The van der Waals surface area contributed by atoms with Gasteiger partial charge in [-0.15, -0.1) is 0 Å². The van der Waals surface area contributed by atoms with Gasteiger partial charge in [0.1, 0.15) is 5.56 Å². The van der Waals surface area contributed by atoms with Crippen molar-refractivity contribution in [2.75, 3.05) is 5.33 Å². The maximum atomic E-state index is 12.4. The smallest absolute Gasteiger partial charge is 0.282 e. The molecule has 1 N–H and O–H groups in total. The van der Waals surface area contributed by atoms with Crippen LogP contribution in [0.5, 0.6) is 0 Å². The Balaban J connectivity index is 3.15. The molecular formula is C14H19BrN2O3. The third kappa shape index (κ3) is 3.56. The summed E-state index contributed by atoms with van der Waals surface area (Å²) in [6, 6.07) is 4.56. The standard InChI is InChI=1S/C14H19BrN2O3/c1-4-14(5-2,9-15)16-13(18)11-8-10(3)6-7-12(11)17(19)20/h6-8H,4-5,9H2,1-3H3,(H,16,18). The number of nitro benzene ring substituents is 1. The number of benzene rings is 1. The van der Waals surface area contributed by atoms with Crippen molar-refractivity contribution >= 4 is 27.5 Å². The van der Waals surface area contributed by atoms with Crippen LogP contribution in [0.15, 0.2) is 18.2 Å². The SMILES string of the molecule is CCC(CC)(CBr)NC(=O)c1cc(C)ccc1[N+](=O)[O-]. The zero-order valence-electron chi connectivity index (χ0n) is 11.9. The Morgan fingerprint density at radius 1 is 1.40 bits per heavy atom. The number of hydrogen-bond donors (Lipinski definition) is 1. The molecular weight excluding hydrogens is 324 g/mol. The fourth-order valence-electron chi connectivity index (χ4n) is 1.95. The van der Waals surface area contributed by atoms with Crippen molar-refractivity contribution in [2.45, 2.75) is 39.2 Å². The minimum absolute atomic E-state index is 0.113. The lowest BCUT2D eigenvalue weighted by Crippen LogP contribution is -2.49. The quantitative estimate of drug-likeness (QED) is 0.487. The lowest BCUT2D eigenvalue weighted by Gasteiger charge is -2.30. The molecule has 1 aromatic rings. The molecule has 0 aliphatic carbocycles. The van der Waals surface area contributed by atoms with Gasteiger partial charge in [0.2, 0.25) is 0 Å². The molecule has 6 heteroatoms. The third-order valence-electron chi connectivity index (χ3n) is 3.58. The molecule has 20 heavy (non-hydrogen) atoms. The van der Waals surface area contributed by atoms with E-state index >= 15 is 0 Å². The first-order valence-corrected chi connectivity index (χ1v) is 7.64. The van der Waals surface area contributed by atoms with Crippen molar-refractivity contribution in [3.05, 3.63) is 39.4 Å². The molecule has 0 unspecified atom stereocenters. The zero-order valence-corrected chi connectivity index (χ0v) is 13.5. The topological polar surface area (TPSA) is 72.2 Å². The number of rotatable bonds is 6. The number of hydrogen-bond acceptors (Lipinski definition) is 3. The van der Waals surface area contributed by atoms with Crippen LogP contribution in [0.3, 0.4) is 0 Å². The van der Waals surface area contributed by atoms with Crippen molar-refractivity contribution in [1.29, 1.82) is 0 Å². The van der Waals surface area contributed by atoms with Crippen LogP contribution in [0.25, 0.3) is 0 Å². The first kappa shape index (κ1) is 16.6. The molecule has 0 fully saturated rings. The molecule has 0 saturated heterocycles. The lowest BCUT2D eigenvalue weighted by molar-refractivity contribution is -0.385. The number of carbonyl (C=O) groups excluding carboxylic acids is 1. The van der Waals surface area contributed by atoms with Crippen LogP contribution < -0.4 is 5.32 Å². The summed E-state index contributed by atoms with van der Waals surface area (Å²) < 4.78 is 0. The van der Waals surface area contributed by atoms with Gasteiger partial charge in [-0.2, -0.15) is 0 Å². The summed E-state index contributed by atoms with van der Waals surface area (Å²) >= 11 is 3.41. The van der Waals surface area contributed by atoms with E-state index in [1.165, 1.54) is 6.07 Å². The maximum absolute atomic E-state index is 12.4. The molecule has 1 aromatic carbocycles. The number of aryl methyl sites for hydroxylation is 1. The highest BCUT2D eigenvalue weighted by Crippen LogP contribution is 2.23. The van der Waals surface area contributed by atoms with Crippen LogP contribution in [0.2, 0.25) is 0 Å². The number of alkyl halides is 1. The monoisotopic (exact) mass is 342 g/mol. The highest BCUT2D eigenvalue weighted by Gasteiger charge is 2.30. The average molecular weight is 343 g/mol. The van der Waals surface area contributed by atoms with Crippen LogP contribution in [0.4, 0.5) is 5.69 Å². The first-order chi connectivity index (χ1) is 9.39. The van der Waals surface area contributed by atoms with E-state index in [2.05, 4.69) is 21.2 Å². The minimum atomic E-state index is -0.526. The molecule has 0 radical (unpaired) electrons. The summed E-state index contributed by atoms with van der Waals surface area (Å²) in [5.41, 5.74) is 0.388. The number of nitro groups is 1. The van der Waals surface area contributed by atoms with Crippen molar-refractivity contribution < 1.29 is 9.72 Å². The number of nitrogens with zero attached hydrogens (tertiary/aromatic N) is 1. The molecule has 1 rings (SSSR count).